The summed E-state index contributed by atoms with van der Waals surface area (Å²) < 4.78 is 5.29. The third-order valence-electron chi connectivity index (χ3n) is 3.89. The average Bonchev–Trinajstić information content (AvgIpc) is 2.77. The van der Waals surface area contributed by atoms with Crippen molar-refractivity contribution in [1.82, 2.24) is 5.32 Å². The number of hydrogen-bond acceptors (Lipinski definition) is 5. The van der Waals surface area contributed by atoms with Crippen molar-refractivity contribution in [1.29, 1.82) is 0 Å². The monoisotopic (exact) mass is 294 g/mol. The van der Waals surface area contributed by atoms with Gasteiger partial charge in [0.25, 0.3) is 11.6 Å². The van der Waals surface area contributed by atoms with Crippen LogP contribution in [-0.4, -0.2) is 40.8 Å². The Morgan fingerprint density at radius 3 is 2.90 bits per heavy atom. The highest BCUT2D eigenvalue weighted by molar-refractivity contribution is 5.96. The molecule has 1 heterocycles. The van der Waals surface area contributed by atoms with Crippen LogP contribution in [0.3, 0.4) is 0 Å². The van der Waals surface area contributed by atoms with E-state index >= 15 is 0 Å². The smallest absolute Gasteiger partial charge is 0.270 e. The Morgan fingerprint density at radius 2 is 2.33 bits per heavy atom. The van der Waals surface area contributed by atoms with Crippen molar-refractivity contribution in [3.8, 4) is 0 Å². The first-order chi connectivity index (χ1) is 9.83. The minimum Gasteiger partial charge on any atom is -0.385 e. The van der Waals surface area contributed by atoms with Gasteiger partial charge in [-0.25, -0.2) is 0 Å². The molecule has 1 aliphatic rings. The minimum atomic E-state index is -1.09. The first-order valence-electron chi connectivity index (χ1n) is 6.71. The lowest BCUT2D eigenvalue weighted by molar-refractivity contribution is -0.384. The Bertz CT molecular complexity index is 574. The van der Waals surface area contributed by atoms with E-state index < -0.39 is 16.4 Å². The number of nitro benzene ring substituents is 1. The Morgan fingerprint density at radius 1 is 1.62 bits per heavy atom. The molecule has 2 unspecified atom stereocenters. The second kappa shape index (κ2) is 5.79. The summed E-state index contributed by atoms with van der Waals surface area (Å²) in [4.78, 5) is 22.4. The van der Waals surface area contributed by atoms with Gasteiger partial charge in [0.1, 0.15) is 5.60 Å². The van der Waals surface area contributed by atoms with Gasteiger partial charge in [0.2, 0.25) is 0 Å². The van der Waals surface area contributed by atoms with Gasteiger partial charge < -0.3 is 15.2 Å². The molecule has 0 saturated carbocycles. The maximum atomic E-state index is 12.2. The van der Waals surface area contributed by atoms with Gasteiger partial charge in [0.15, 0.2) is 0 Å². The molecule has 2 rings (SSSR count). The first kappa shape index (κ1) is 15.4. The van der Waals surface area contributed by atoms with E-state index in [1.165, 1.54) is 18.2 Å². The summed E-state index contributed by atoms with van der Waals surface area (Å²) in [5, 5.41) is 23.7. The van der Waals surface area contributed by atoms with E-state index in [2.05, 4.69) is 5.32 Å². The topological polar surface area (TPSA) is 102 Å². The highest BCUT2D eigenvalue weighted by atomic mass is 16.6. The van der Waals surface area contributed by atoms with Crippen LogP contribution in [0.1, 0.15) is 29.3 Å². The molecule has 1 aliphatic heterocycles. The summed E-state index contributed by atoms with van der Waals surface area (Å²) >= 11 is 0. The molecule has 0 aliphatic carbocycles. The number of nitrogens with one attached hydrogen (secondary N) is 1. The van der Waals surface area contributed by atoms with Crippen molar-refractivity contribution in [2.24, 2.45) is 0 Å². The molecular formula is C14H18N2O5. The molecular weight excluding hydrogens is 276 g/mol. The van der Waals surface area contributed by atoms with Crippen LogP contribution in [0.15, 0.2) is 18.2 Å². The van der Waals surface area contributed by atoms with Gasteiger partial charge in [0.05, 0.1) is 11.0 Å². The van der Waals surface area contributed by atoms with Crippen molar-refractivity contribution in [3.05, 3.63) is 39.4 Å². The average molecular weight is 294 g/mol. The molecule has 2 atom stereocenters. The van der Waals surface area contributed by atoms with Crippen LogP contribution >= 0.6 is 0 Å². The normalized spacial score (nSPS) is 24.8. The molecule has 0 bridgehead atoms. The van der Waals surface area contributed by atoms with Crippen molar-refractivity contribution in [3.63, 3.8) is 0 Å². The third kappa shape index (κ3) is 3.20. The predicted octanol–water partition coefficient (Wildman–Crippen LogP) is 1.17. The van der Waals surface area contributed by atoms with Gasteiger partial charge >= 0.3 is 0 Å². The minimum absolute atomic E-state index is 0.0507. The molecule has 1 aromatic carbocycles. The quantitative estimate of drug-likeness (QED) is 0.641. The van der Waals surface area contributed by atoms with Gasteiger partial charge in [-0.05, 0) is 19.4 Å². The summed E-state index contributed by atoms with van der Waals surface area (Å²) in [7, 11) is 0. The summed E-state index contributed by atoms with van der Waals surface area (Å²) in [6.07, 6.45) is 0.0894. The number of ether oxygens (including phenoxy) is 1. The Kier molecular flexibility index (Phi) is 4.24. The molecule has 7 nitrogen and oxygen atoms in total. The molecule has 1 aromatic rings. The Balaban J connectivity index is 2.10. The van der Waals surface area contributed by atoms with E-state index in [0.29, 0.717) is 18.6 Å². The van der Waals surface area contributed by atoms with Gasteiger partial charge in [-0.2, -0.15) is 0 Å². The van der Waals surface area contributed by atoms with Crippen molar-refractivity contribution >= 4 is 11.6 Å². The number of hydrogen-bond donors (Lipinski definition) is 2. The zero-order chi connectivity index (χ0) is 15.6. The van der Waals surface area contributed by atoms with Gasteiger partial charge in [-0.1, -0.05) is 6.07 Å². The van der Waals surface area contributed by atoms with Crippen LogP contribution in [0, 0.1) is 17.0 Å². The standard InChI is InChI=1S/C14H18N2O5/c1-9-3-4-11(16(19)20)7-12(9)13(17)15-8-14(18)5-6-21-10(14)2/h3-4,7,10,18H,5-6,8H2,1-2H3,(H,15,17). The maximum absolute atomic E-state index is 12.2. The number of nitro groups is 1. The van der Waals surface area contributed by atoms with E-state index in [1.807, 2.05) is 0 Å². The van der Waals surface area contributed by atoms with E-state index in [0.717, 1.165) is 0 Å². The lowest BCUT2D eigenvalue weighted by Crippen LogP contribution is -2.47. The fourth-order valence-electron chi connectivity index (χ4n) is 2.30. The number of benzene rings is 1. The largest absolute Gasteiger partial charge is 0.385 e. The maximum Gasteiger partial charge on any atom is 0.270 e. The summed E-state index contributed by atoms with van der Waals surface area (Å²) in [6, 6.07) is 4.12. The number of aryl methyl sites for hydroxylation is 1. The first-order valence-corrected chi connectivity index (χ1v) is 6.71. The fraction of sp³-hybridized carbons (Fsp3) is 0.500. The molecule has 114 valence electrons. The Hall–Kier alpha value is -1.99. The van der Waals surface area contributed by atoms with Crippen molar-refractivity contribution in [2.45, 2.75) is 32.0 Å². The summed E-state index contributed by atoms with van der Waals surface area (Å²) in [5.41, 5.74) is -0.355. The zero-order valence-electron chi connectivity index (χ0n) is 12.0. The van der Waals surface area contributed by atoms with E-state index in [4.69, 9.17) is 4.74 Å². The molecule has 0 radical (unpaired) electrons. The second-order valence-electron chi connectivity index (χ2n) is 5.31. The molecule has 2 N–H and O–H groups in total. The van der Waals surface area contributed by atoms with Crippen molar-refractivity contribution < 1.29 is 19.6 Å². The van der Waals surface area contributed by atoms with E-state index in [9.17, 15) is 20.0 Å². The van der Waals surface area contributed by atoms with E-state index in [-0.39, 0.29) is 23.9 Å². The molecule has 0 spiro atoms. The fourth-order valence-corrected chi connectivity index (χ4v) is 2.30. The summed E-state index contributed by atoms with van der Waals surface area (Å²) in [5.74, 6) is -0.441. The van der Waals surface area contributed by atoms with Gasteiger partial charge in [-0.15, -0.1) is 0 Å². The van der Waals surface area contributed by atoms with Crippen LogP contribution < -0.4 is 5.32 Å². The van der Waals surface area contributed by atoms with Crippen LogP contribution in [-0.2, 0) is 4.74 Å². The second-order valence-corrected chi connectivity index (χ2v) is 5.31. The Labute approximate surface area is 122 Å². The highest BCUT2D eigenvalue weighted by Gasteiger charge is 2.39. The number of aliphatic hydroxyl groups is 1. The molecule has 21 heavy (non-hydrogen) atoms. The zero-order valence-corrected chi connectivity index (χ0v) is 12.0. The number of rotatable bonds is 4. The number of amides is 1. The van der Waals surface area contributed by atoms with E-state index in [1.54, 1.807) is 13.8 Å². The SMILES string of the molecule is Cc1ccc([N+](=O)[O-])cc1C(=O)NCC1(O)CCOC1C. The van der Waals surface area contributed by atoms with Crippen molar-refractivity contribution in [2.75, 3.05) is 13.2 Å². The number of carbonyl (C=O) groups excluding carboxylic acids is 1. The molecule has 1 saturated heterocycles. The number of nitrogens with zero attached hydrogens (tertiary/aromatic N) is 1. The highest BCUT2D eigenvalue weighted by Crippen LogP contribution is 2.25. The summed E-state index contributed by atoms with van der Waals surface area (Å²) in [6.45, 7) is 3.95. The lowest BCUT2D eigenvalue weighted by atomic mass is 9.96. The van der Waals surface area contributed by atoms with Gasteiger partial charge in [-0.3, -0.25) is 14.9 Å². The molecule has 0 aromatic heterocycles. The van der Waals surface area contributed by atoms with Crippen LogP contribution in [0.25, 0.3) is 0 Å². The molecule has 7 heteroatoms. The number of non-ortho nitro benzene ring substituents is 1. The molecule has 1 amide bonds. The van der Waals surface area contributed by atoms with Crippen LogP contribution in [0.2, 0.25) is 0 Å². The van der Waals surface area contributed by atoms with Crippen LogP contribution in [0.4, 0.5) is 5.69 Å². The molecule has 1 fully saturated rings. The van der Waals surface area contributed by atoms with Gasteiger partial charge in [0, 0.05) is 37.3 Å². The third-order valence-corrected chi connectivity index (χ3v) is 3.89. The van der Waals surface area contributed by atoms with Crippen LogP contribution in [0.5, 0.6) is 0 Å². The number of carbonyl (C=O) groups is 1. The lowest BCUT2D eigenvalue weighted by Gasteiger charge is -2.26. The predicted molar refractivity (Wildman–Crippen MR) is 75.1 cm³/mol.